The molecule has 8 N–H and O–H groups in total. The Balaban J connectivity index is 1.13. The van der Waals surface area contributed by atoms with Crippen LogP contribution < -0.4 is 27.4 Å². The van der Waals surface area contributed by atoms with E-state index in [1.165, 1.54) is 0 Å². The second kappa shape index (κ2) is 16.2. The van der Waals surface area contributed by atoms with Crippen molar-refractivity contribution in [2.24, 2.45) is 23.3 Å². The SMILES string of the molecule is Cc1cc(C(=O)NC2CCC(N)CC2)ccc1-c1ccc(C[C@H](NC(=O)C2CCC(CN)CC2)C(=O)Nc2ccc(-c3nn[nH]n3)cc2)cc1. The van der Waals surface area contributed by atoms with Gasteiger partial charge in [0.2, 0.25) is 17.6 Å². The first kappa shape index (κ1) is 34.9. The number of rotatable bonds is 11. The molecular formula is C38H47N9O3. The molecule has 262 valence electrons. The first-order valence-corrected chi connectivity index (χ1v) is 17.7. The highest BCUT2D eigenvalue weighted by molar-refractivity contribution is 5.98. The largest absolute Gasteiger partial charge is 0.349 e. The molecule has 0 aliphatic heterocycles. The van der Waals surface area contributed by atoms with Crippen molar-refractivity contribution in [2.75, 3.05) is 11.9 Å². The van der Waals surface area contributed by atoms with Gasteiger partial charge in [-0.2, -0.15) is 5.21 Å². The Morgan fingerprint density at radius 2 is 1.58 bits per heavy atom. The van der Waals surface area contributed by atoms with Crippen molar-refractivity contribution in [3.8, 4) is 22.5 Å². The molecule has 12 heteroatoms. The summed E-state index contributed by atoms with van der Waals surface area (Å²) in [6, 6.07) is 20.6. The molecule has 1 heterocycles. The topological polar surface area (TPSA) is 194 Å². The second-order valence-electron chi connectivity index (χ2n) is 13.8. The van der Waals surface area contributed by atoms with E-state index < -0.39 is 6.04 Å². The van der Waals surface area contributed by atoms with Gasteiger partial charge in [0, 0.05) is 41.2 Å². The van der Waals surface area contributed by atoms with Gasteiger partial charge in [0.15, 0.2) is 0 Å². The highest BCUT2D eigenvalue weighted by Crippen LogP contribution is 2.29. The number of aryl methyl sites for hydroxylation is 1. The Kier molecular flexibility index (Phi) is 11.3. The van der Waals surface area contributed by atoms with E-state index in [-0.39, 0.29) is 35.7 Å². The third-order valence-corrected chi connectivity index (χ3v) is 10.2. The second-order valence-corrected chi connectivity index (χ2v) is 13.8. The molecule has 3 amide bonds. The molecule has 1 atom stereocenters. The number of nitrogens with one attached hydrogen (secondary N) is 4. The summed E-state index contributed by atoms with van der Waals surface area (Å²) in [7, 11) is 0. The summed E-state index contributed by atoms with van der Waals surface area (Å²) in [5.74, 6) is 0.308. The number of carbonyl (C=O) groups is 3. The lowest BCUT2D eigenvalue weighted by Crippen LogP contribution is -2.48. The quantitative estimate of drug-likeness (QED) is 0.135. The molecule has 12 nitrogen and oxygen atoms in total. The van der Waals surface area contributed by atoms with Crippen LogP contribution in [0.1, 0.15) is 72.9 Å². The molecule has 4 aromatic rings. The monoisotopic (exact) mass is 677 g/mol. The zero-order chi connectivity index (χ0) is 35.0. The van der Waals surface area contributed by atoms with Gasteiger partial charge in [-0.1, -0.05) is 30.3 Å². The summed E-state index contributed by atoms with van der Waals surface area (Å²) in [5.41, 5.74) is 17.8. The molecule has 2 aliphatic rings. The Morgan fingerprint density at radius 3 is 2.22 bits per heavy atom. The molecule has 0 unspecified atom stereocenters. The minimum absolute atomic E-state index is 0.0582. The maximum Gasteiger partial charge on any atom is 0.251 e. The number of tetrazole rings is 1. The summed E-state index contributed by atoms with van der Waals surface area (Å²) in [6.45, 7) is 2.64. The lowest BCUT2D eigenvalue weighted by Gasteiger charge is -2.28. The average molecular weight is 678 g/mol. The van der Waals surface area contributed by atoms with Crippen LogP contribution in [-0.4, -0.2) is 63.0 Å². The van der Waals surface area contributed by atoms with Gasteiger partial charge < -0.3 is 27.4 Å². The van der Waals surface area contributed by atoms with Gasteiger partial charge in [-0.3, -0.25) is 14.4 Å². The zero-order valence-electron chi connectivity index (χ0n) is 28.5. The fraction of sp³-hybridized carbons (Fsp3) is 0.421. The van der Waals surface area contributed by atoms with E-state index in [2.05, 4.69) is 36.6 Å². The van der Waals surface area contributed by atoms with Crippen molar-refractivity contribution >= 4 is 23.4 Å². The minimum atomic E-state index is -0.781. The summed E-state index contributed by atoms with van der Waals surface area (Å²) >= 11 is 0. The molecule has 1 aromatic heterocycles. The molecule has 0 spiro atoms. The number of benzene rings is 3. The minimum Gasteiger partial charge on any atom is -0.349 e. The maximum atomic E-state index is 13.7. The molecule has 2 fully saturated rings. The van der Waals surface area contributed by atoms with E-state index in [1.54, 1.807) is 24.3 Å². The average Bonchev–Trinajstić information content (AvgIpc) is 3.68. The van der Waals surface area contributed by atoms with Crippen LogP contribution in [0.2, 0.25) is 0 Å². The van der Waals surface area contributed by atoms with E-state index >= 15 is 0 Å². The van der Waals surface area contributed by atoms with E-state index in [0.29, 0.717) is 36.0 Å². The van der Waals surface area contributed by atoms with Gasteiger partial charge in [-0.25, -0.2) is 0 Å². The fourth-order valence-corrected chi connectivity index (χ4v) is 7.09. The van der Waals surface area contributed by atoms with Crippen LogP contribution in [0.3, 0.4) is 0 Å². The summed E-state index contributed by atoms with van der Waals surface area (Å²) < 4.78 is 0. The molecule has 3 aromatic carbocycles. The number of amides is 3. The Hall–Kier alpha value is -4.94. The van der Waals surface area contributed by atoms with Crippen LogP contribution in [-0.2, 0) is 16.0 Å². The predicted octanol–water partition coefficient (Wildman–Crippen LogP) is 4.27. The molecular weight excluding hydrogens is 630 g/mol. The first-order chi connectivity index (χ1) is 24.2. The molecule has 0 bridgehead atoms. The van der Waals surface area contributed by atoms with Crippen LogP contribution >= 0.6 is 0 Å². The van der Waals surface area contributed by atoms with Gasteiger partial charge in [0.05, 0.1) is 0 Å². The molecule has 0 saturated heterocycles. The number of nitrogens with zero attached hydrogens (tertiary/aromatic N) is 3. The molecule has 0 radical (unpaired) electrons. The lowest BCUT2D eigenvalue weighted by atomic mass is 9.81. The highest BCUT2D eigenvalue weighted by Gasteiger charge is 2.29. The number of carbonyl (C=O) groups excluding carboxylic acids is 3. The number of hydrogen-bond donors (Lipinski definition) is 6. The molecule has 2 aliphatic carbocycles. The Bertz CT molecular complexity index is 1740. The van der Waals surface area contributed by atoms with Crippen molar-refractivity contribution in [3.05, 3.63) is 83.4 Å². The molecule has 50 heavy (non-hydrogen) atoms. The number of hydrogen-bond acceptors (Lipinski definition) is 8. The highest BCUT2D eigenvalue weighted by atomic mass is 16.2. The van der Waals surface area contributed by atoms with Crippen LogP contribution in [0, 0.1) is 18.8 Å². The normalized spacial score (nSPS) is 21.2. The van der Waals surface area contributed by atoms with Gasteiger partial charge in [-0.05, 0) is 135 Å². The number of aromatic amines is 1. The van der Waals surface area contributed by atoms with Gasteiger partial charge in [0.25, 0.3) is 5.91 Å². The third kappa shape index (κ3) is 8.80. The third-order valence-electron chi connectivity index (χ3n) is 10.2. The standard InChI is InChI=1S/C38H47N9O3/c1-23-20-29(37(49)41-32-17-13-30(40)14-18-32)12-19-33(23)26-6-2-24(3-7-26)21-34(43-36(48)28-8-4-25(22-39)5-9-28)38(50)42-31-15-10-27(11-16-31)35-44-46-47-45-35/h2-3,6-7,10-12,15-16,19-20,25,28,30,32,34H,4-5,8-9,13-14,17-18,21-22,39-40H2,1H3,(H,41,49)(H,42,50)(H,43,48)(H,44,45,46,47)/t25?,28?,30?,32?,34-/m0/s1. The van der Waals surface area contributed by atoms with Crippen LogP contribution in [0.25, 0.3) is 22.5 Å². The lowest BCUT2D eigenvalue weighted by molar-refractivity contribution is -0.130. The van der Waals surface area contributed by atoms with Crippen molar-refractivity contribution in [1.82, 2.24) is 31.3 Å². The number of H-pyrrole nitrogens is 1. The predicted molar refractivity (Wildman–Crippen MR) is 193 cm³/mol. The fourth-order valence-electron chi connectivity index (χ4n) is 7.09. The van der Waals surface area contributed by atoms with E-state index in [4.69, 9.17) is 11.5 Å². The van der Waals surface area contributed by atoms with Crippen LogP contribution in [0.4, 0.5) is 5.69 Å². The smallest absolute Gasteiger partial charge is 0.251 e. The van der Waals surface area contributed by atoms with Gasteiger partial charge in [0.1, 0.15) is 6.04 Å². The Labute approximate surface area is 292 Å². The van der Waals surface area contributed by atoms with Crippen LogP contribution in [0.15, 0.2) is 66.7 Å². The number of nitrogens with two attached hydrogens (primary N) is 2. The van der Waals surface area contributed by atoms with Gasteiger partial charge in [-0.15, -0.1) is 10.2 Å². The number of anilines is 1. The number of aromatic nitrogens is 4. The first-order valence-electron chi connectivity index (χ1n) is 17.7. The summed E-state index contributed by atoms with van der Waals surface area (Å²) in [4.78, 5) is 40.1. The van der Waals surface area contributed by atoms with Crippen molar-refractivity contribution in [3.63, 3.8) is 0 Å². The van der Waals surface area contributed by atoms with E-state index in [9.17, 15) is 14.4 Å². The zero-order valence-corrected chi connectivity index (χ0v) is 28.5. The van der Waals surface area contributed by atoms with Crippen molar-refractivity contribution in [1.29, 1.82) is 0 Å². The maximum absolute atomic E-state index is 13.7. The van der Waals surface area contributed by atoms with Crippen LogP contribution in [0.5, 0.6) is 0 Å². The summed E-state index contributed by atoms with van der Waals surface area (Å²) in [5, 5.41) is 23.2. The van der Waals surface area contributed by atoms with E-state index in [0.717, 1.165) is 79.2 Å². The molecule has 6 rings (SSSR count). The Morgan fingerprint density at radius 1 is 0.880 bits per heavy atom. The molecule has 2 saturated carbocycles. The van der Waals surface area contributed by atoms with E-state index in [1.807, 2.05) is 49.4 Å². The van der Waals surface area contributed by atoms with Crippen molar-refractivity contribution in [2.45, 2.75) is 82.8 Å². The van der Waals surface area contributed by atoms with Gasteiger partial charge >= 0.3 is 0 Å². The summed E-state index contributed by atoms with van der Waals surface area (Å²) in [6.07, 6.45) is 7.38. The van der Waals surface area contributed by atoms with Crippen molar-refractivity contribution < 1.29 is 14.4 Å².